The van der Waals surface area contributed by atoms with Crippen molar-refractivity contribution in [3.8, 4) is 0 Å². The molecule has 0 saturated carbocycles. The molecule has 76 valence electrons. The van der Waals surface area contributed by atoms with Crippen LogP contribution in [0.3, 0.4) is 0 Å². The molecule has 0 spiro atoms. The van der Waals surface area contributed by atoms with Gasteiger partial charge in [0.05, 0.1) is 12.7 Å². The number of hydrogen-bond acceptors (Lipinski definition) is 4. The molecule has 0 bridgehead atoms. The fourth-order valence-corrected chi connectivity index (χ4v) is 1.71. The molecule has 1 aliphatic rings. The largest absolute Gasteiger partial charge is 0.476 e. The van der Waals surface area contributed by atoms with Crippen LogP contribution in [0.25, 0.3) is 0 Å². The second-order valence-corrected chi connectivity index (χ2v) is 3.45. The Labute approximate surface area is 80.7 Å². The van der Waals surface area contributed by atoms with Gasteiger partial charge < -0.3 is 14.3 Å². The van der Waals surface area contributed by atoms with Gasteiger partial charge in [0.2, 0.25) is 0 Å². The molecular weight excluding hydrogens is 186 g/mol. The van der Waals surface area contributed by atoms with Crippen LogP contribution >= 0.6 is 0 Å². The van der Waals surface area contributed by atoms with Crippen molar-refractivity contribution in [2.45, 2.75) is 25.4 Å². The summed E-state index contributed by atoms with van der Waals surface area (Å²) in [5, 5.41) is 8.82. The molecule has 5 heteroatoms. The average Bonchev–Trinajstić information content (AvgIpc) is 2.70. The number of rotatable bonds is 2. The highest BCUT2D eigenvalue weighted by Crippen LogP contribution is 2.30. The van der Waals surface area contributed by atoms with Crippen molar-refractivity contribution in [2.24, 2.45) is 0 Å². The first-order valence-electron chi connectivity index (χ1n) is 4.46. The van der Waals surface area contributed by atoms with E-state index in [0.717, 1.165) is 6.42 Å². The topological polar surface area (TPSA) is 72.6 Å². The Morgan fingerprint density at radius 3 is 3.07 bits per heavy atom. The molecule has 1 N–H and O–H groups in total. The summed E-state index contributed by atoms with van der Waals surface area (Å²) in [6.07, 6.45) is 2.11. The molecule has 1 aromatic rings. The molecular formula is C9H11NO4. The fourth-order valence-electron chi connectivity index (χ4n) is 1.71. The van der Waals surface area contributed by atoms with E-state index in [1.54, 1.807) is 0 Å². The highest BCUT2D eigenvalue weighted by Gasteiger charge is 2.30. The molecule has 1 fully saturated rings. The number of aromatic nitrogens is 1. The van der Waals surface area contributed by atoms with Gasteiger partial charge in [-0.25, -0.2) is 9.78 Å². The zero-order valence-electron chi connectivity index (χ0n) is 7.77. The van der Waals surface area contributed by atoms with Gasteiger partial charge in [-0.1, -0.05) is 0 Å². The summed E-state index contributed by atoms with van der Waals surface area (Å²) in [6.45, 7) is 2.47. The number of hydrogen-bond donors (Lipinski definition) is 1. The molecule has 0 aliphatic carbocycles. The minimum Gasteiger partial charge on any atom is -0.476 e. The van der Waals surface area contributed by atoms with E-state index < -0.39 is 5.97 Å². The Morgan fingerprint density at radius 1 is 1.71 bits per heavy atom. The summed E-state index contributed by atoms with van der Waals surface area (Å²) in [4.78, 5) is 14.4. The lowest BCUT2D eigenvalue weighted by Gasteiger charge is -2.03. The van der Waals surface area contributed by atoms with E-state index in [2.05, 4.69) is 4.98 Å². The zero-order chi connectivity index (χ0) is 10.1. The molecule has 0 amide bonds. The minimum absolute atomic E-state index is 0.00713. The molecule has 1 aromatic heterocycles. The van der Waals surface area contributed by atoms with E-state index in [0.29, 0.717) is 12.4 Å². The highest BCUT2D eigenvalue weighted by molar-refractivity contribution is 5.86. The number of aromatic carboxylic acids is 1. The van der Waals surface area contributed by atoms with Gasteiger partial charge in [0, 0.05) is 5.92 Å². The van der Waals surface area contributed by atoms with Crippen LogP contribution < -0.4 is 0 Å². The van der Waals surface area contributed by atoms with Gasteiger partial charge in [0.25, 0.3) is 0 Å². The molecule has 2 heterocycles. The summed E-state index contributed by atoms with van der Waals surface area (Å²) in [5.41, 5.74) is 0.00713. The smallest absolute Gasteiger partial charge is 0.358 e. The summed E-state index contributed by atoms with van der Waals surface area (Å²) in [5.74, 6) is -0.589. The zero-order valence-corrected chi connectivity index (χ0v) is 7.77. The van der Waals surface area contributed by atoms with Crippen LogP contribution in [0, 0.1) is 0 Å². The molecule has 0 aromatic carbocycles. The fraction of sp³-hybridized carbons (Fsp3) is 0.556. The second kappa shape index (κ2) is 3.42. The molecule has 0 radical (unpaired) electrons. The van der Waals surface area contributed by atoms with Crippen molar-refractivity contribution in [1.82, 2.24) is 4.98 Å². The predicted octanol–water partition coefficient (Wildman–Crippen LogP) is 1.27. The van der Waals surface area contributed by atoms with Crippen molar-refractivity contribution in [1.29, 1.82) is 0 Å². The van der Waals surface area contributed by atoms with Gasteiger partial charge in [0.1, 0.15) is 5.76 Å². The number of ether oxygens (including phenoxy) is 1. The van der Waals surface area contributed by atoms with Crippen LogP contribution in [-0.2, 0) is 4.74 Å². The molecule has 2 atom stereocenters. The van der Waals surface area contributed by atoms with Gasteiger partial charge in [-0.2, -0.15) is 0 Å². The van der Waals surface area contributed by atoms with Crippen molar-refractivity contribution in [2.75, 3.05) is 6.61 Å². The first-order chi connectivity index (χ1) is 6.68. The van der Waals surface area contributed by atoms with Gasteiger partial charge in [-0.3, -0.25) is 0 Å². The number of carboxylic acid groups (broad SMARTS) is 1. The first-order valence-corrected chi connectivity index (χ1v) is 4.46. The van der Waals surface area contributed by atoms with Crippen LogP contribution in [0.4, 0.5) is 0 Å². The number of oxazole rings is 1. The molecule has 5 nitrogen and oxygen atoms in total. The van der Waals surface area contributed by atoms with Crippen LogP contribution in [0.1, 0.15) is 35.5 Å². The van der Waals surface area contributed by atoms with Crippen molar-refractivity contribution in [3.63, 3.8) is 0 Å². The lowest BCUT2D eigenvalue weighted by molar-refractivity contribution is 0.0687. The normalized spacial score (nSPS) is 26.6. The number of nitrogens with zero attached hydrogens (tertiary/aromatic N) is 1. The first kappa shape index (κ1) is 9.21. The third-order valence-corrected chi connectivity index (χ3v) is 2.37. The summed E-state index contributed by atoms with van der Waals surface area (Å²) >= 11 is 0. The van der Waals surface area contributed by atoms with Gasteiger partial charge in [0.15, 0.2) is 12.1 Å². The van der Waals surface area contributed by atoms with Crippen molar-refractivity contribution < 1.29 is 19.1 Å². The summed E-state index contributed by atoms with van der Waals surface area (Å²) in [6, 6.07) is 0. The van der Waals surface area contributed by atoms with Crippen LogP contribution in [0.15, 0.2) is 10.8 Å². The molecule has 1 saturated heterocycles. The van der Waals surface area contributed by atoms with Gasteiger partial charge in [-0.05, 0) is 13.3 Å². The lowest BCUT2D eigenvalue weighted by Crippen LogP contribution is -2.06. The van der Waals surface area contributed by atoms with Crippen LogP contribution in [0.5, 0.6) is 0 Å². The Morgan fingerprint density at radius 2 is 2.50 bits per heavy atom. The van der Waals surface area contributed by atoms with E-state index in [9.17, 15) is 4.79 Å². The van der Waals surface area contributed by atoms with E-state index in [1.165, 1.54) is 6.39 Å². The maximum Gasteiger partial charge on any atom is 0.358 e. The summed E-state index contributed by atoms with van der Waals surface area (Å²) < 4.78 is 10.4. The SMILES string of the molecule is CC1CC(c2ocnc2C(=O)O)CO1. The van der Waals surface area contributed by atoms with E-state index in [-0.39, 0.29) is 17.7 Å². The quantitative estimate of drug-likeness (QED) is 0.772. The standard InChI is InChI=1S/C9H11NO4/c1-5-2-6(3-13-5)8-7(9(11)12)10-4-14-8/h4-6H,2-3H2,1H3,(H,11,12). The maximum absolute atomic E-state index is 10.8. The van der Waals surface area contributed by atoms with E-state index in [1.807, 2.05) is 6.92 Å². The van der Waals surface area contributed by atoms with Crippen molar-refractivity contribution in [3.05, 3.63) is 17.8 Å². The van der Waals surface area contributed by atoms with E-state index in [4.69, 9.17) is 14.3 Å². The second-order valence-electron chi connectivity index (χ2n) is 3.45. The Hall–Kier alpha value is -1.36. The maximum atomic E-state index is 10.8. The highest BCUT2D eigenvalue weighted by atomic mass is 16.5. The van der Waals surface area contributed by atoms with Gasteiger partial charge in [-0.15, -0.1) is 0 Å². The third-order valence-electron chi connectivity index (χ3n) is 2.37. The third kappa shape index (κ3) is 1.50. The number of carboxylic acids is 1. The van der Waals surface area contributed by atoms with Crippen LogP contribution in [0.2, 0.25) is 0 Å². The number of carbonyl (C=O) groups is 1. The van der Waals surface area contributed by atoms with E-state index >= 15 is 0 Å². The molecule has 14 heavy (non-hydrogen) atoms. The summed E-state index contributed by atoms with van der Waals surface area (Å²) in [7, 11) is 0. The Balaban J connectivity index is 2.23. The molecule has 1 aliphatic heterocycles. The lowest BCUT2D eigenvalue weighted by atomic mass is 10.0. The minimum atomic E-state index is -1.05. The predicted molar refractivity (Wildman–Crippen MR) is 46.2 cm³/mol. The molecule has 2 unspecified atom stereocenters. The monoisotopic (exact) mass is 197 g/mol. The van der Waals surface area contributed by atoms with Crippen LogP contribution in [-0.4, -0.2) is 28.8 Å². The Kier molecular flexibility index (Phi) is 2.25. The molecule has 2 rings (SSSR count). The van der Waals surface area contributed by atoms with Crippen molar-refractivity contribution >= 4 is 5.97 Å². The van der Waals surface area contributed by atoms with Gasteiger partial charge >= 0.3 is 5.97 Å². The Bertz CT molecular complexity index is 346. The average molecular weight is 197 g/mol.